The molecule has 3 N–H and O–H groups in total. The number of ether oxygens (including phenoxy) is 2. The Kier molecular flexibility index (Phi) is 11.3. The van der Waals surface area contributed by atoms with Gasteiger partial charge in [0.25, 0.3) is 0 Å². The van der Waals surface area contributed by atoms with Crippen molar-refractivity contribution in [1.82, 2.24) is 14.9 Å². The van der Waals surface area contributed by atoms with E-state index in [9.17, 15) is 14.7 Å². The fraction of sp³-hybridized carbons (Fsp3) is 0.333. The van der Waals surface area contributed by atoms with Crippen molar-refractivity contribution >= 4 is 69.5 Å². The predicted octanol–water partition coefficient (Wildman–Crippen LogP) is 4.82. The maximum Gasteiger partial charge on any atom is 0.331 e. The van der Waals surface area contributed by atoms with Gasteiger partial charge in [-0.25, -0.2) is 14.8 Å². The number of aliphatic hydroxyl groups is 1. The van der Waals surface area contributed by atoms with Crippen LogP contribution in [-0.4, -0.2) is 92.6 Å². The molecule has 240 valence electrons. The first-order valence-electron chi connectivity index (χ1n) is 14.1. The number of anilines is 6. The quantitative estimate of drug-likeness (QED) is 0.194. The lowest BCUT2D eigenvalue weighted by molar-refractivity contribution is -0.111. The molecule has 1 fully saturated rings. The molecule has 0 aliphatic carbocycles. The third-order valence-corrected chi connectivity index (χ3v) is 8.10. The van der Waals surface area contributed by atoms with Gasteiger partial charge in [0.15, 0.2) is 0 Å². The van der Waals surface area contributed by atoms with Gasteiger partial charge in [-0.2, -0.15) is 0 Å². The summed E-state index contributed by atoms with van der Waals surface area (Å²) in [5.74, 6) is 0.566. The fourth-order valence-corrected chi connectivity index (χ4v) is 5.50. The zero-order valence-electron chi connectivity index (χ0n) is 25.5. The zero-order chi connectivity index (χ0) is 32.7. The van der Waals surface area contributed by atoms with Crippen LogP contribution < -0.4 is 34.8 Å². The molecule has 0 atom stereocenters. The number of nitrogens with one attached hydrogen (secondary N) is 2. The Hall–Kier alpha value is -4.30. The second kappa shape index (κ2) is 15.1. The highest BCUT2D eigenvalue weighted by atomic mass is 35.5. The lowest BCUT2D eigenvalue weighted by Gasteiger charge is -2.35. The van der Waals surface area contributed by atoms with E-state index in [-0.39, 0.29) is 39.0 Å². The van der Waals surface area contributed by atoms with Gasteiger partial charge in [0.05, 0.1) is 31.3 Å². The first-order chi connectivity index (χ1) is 21.6. The van der Waals surface area contributed by atoms with Crippen LogP contribution in [0.1, 0.15) is 6.92 Å². The van der Waals surface area contributed by atoms with E-state index in [4.69, 9.17) is 32.7 Å². The van der Waals surface area contributed by atoms with E-state index in [1.54, 1.807) is 6.07 Å². The molecule has 1 aliphatic rings. The molecule has 0 radical (unpaired) electrons. The fourth-order valence-electron chi connectivity index (χ4n) is 4.80. The number of halogens is 2. The summed E-state index contributed by atoms with van der Waals surface area (Å²) in [4.78, 5) is 41.3. The van der Waals surface area contributed by atoms with Crippen LogP contribution >= 0.6 is 23.2 Å². The van der Waals surface area contributed by atoms with E-state index >= 15 is 0 Å². The van der Waals surface area contributed by atoms with Crippen molar-refractivity contribution in [3.63, 3.8) is 0 Å². The summed E-state index contributed by atoms with van der Waals surface area (Å²) in [7, 11) is 4.28. The van der Waals surface area contributed by atoms with Crippen LogP contribution in [0.5, 0.6) is 11.5 Å². The van der Waals surface area contributed by atoms with Gasteiger partial charge in [-0.3, -0.25) is 14.6 Å². The van der Waals surface area contributed by atoms with Gasteiger partial charge in [-0.1, -0.05) is 36.7 Å². The number of likely N-dealkylation sites (N-methyl/N-ethyl adjacent to an activating group) is 1. The van der Waals surface area contributed by atoms with Crippen LogP contribution in [0.4, 0.5) is 39.2 Å². The first kappa shape index (κ1) is 33.6. The molecule has 0 unspecified atom stereocenters. The molecular weight excluding hydrogens is 623 g/mol. The van der Waals surface area contributed by atoms with Gasteiger partial charge in [0.1, 0.15) is 46.2 Å². The normalized spacial score (nSPS) is 13.2. The number of benzene rings is 2. The Labute approximate surface area is 271 Å². The van der Waals surface area contributed by atoms with Crippen molar-refractivity contribution in [2.75, 3.05) is 86.1 Å². The number of methoxy groups -OCH3 is 2. The first-order valence-corrected chi connectivity index (χ1v) is 14.8. The number of hydrogen-bond donors (Lipinski definition) is 3. The molecule has 3 aromatic rings. The predicted molar refractivity (Wildman–Crippen MR) is 178 cm³/mol. The number of aromatic nitrogens is 2. The Morgan fingerprint density at radius 1 is 1.04 bits per heavy atom. The smallest absolute Gasteiger partial charge is 0.331 e. The summed E-state index contributed by atoms with van der Waals surface area (Å²) in [6, 6.07) is 8.04. The van der Waals surface area contributed by atoms with Gasteiger partial charge in [0.2, 0.25) is 5.91 Å². The second-order valence-corrected chi connectivity index (χ2v) is 10.7. The van der Waals surface area contributed by atoms with Crippen molar-refractivity contribution in [1.29, 1.82) is 0 Å². The van der Waals surface area contributed by atoms with Crippen LogP contribution in [0.2, 0.25) is 10.0 Å². The van der Waals surface area contributed by atoms with E-state index in [0.29, 0.717) is 17.2 Å². The Morgan fingerprint density at radius 3 is 2.29 bits per heavy atom. The van der Waals surface area contributed by atoms with Gasteiger partial charge < -0.3 is 35.0 Å². The van der Waals surface area contributed by atoms with Gasteiger partial charge >= 0.3 is 6.03 Å². The summed E-state index contributed by atoms with van der Waals surface area (Å²) in [5, 5.41) is 16.3. The zero-order valence-corrected chi connectivity index (χ0v) is 27.0. The molecule has 3 amide bonds. The summed E-state index contributed by atoms with van der Waals surface area (Å²) in [5.41, 5.74) is 2.07. The number of hydrogen-bond acceptors (Lipinski definition) is 10. The molecule has 2 heterocycles. The molecule has 1 saturated heterocycles. The Morgan fingerprint density at radius 2 is 1.71 bits per heavy atom. The van der Waals surface area contributed by atoms with E-state index < -0.39 is 12.8 Å². The molecular formula is C30H36Cl2N8O5. The minimum atomic E-state index is -0.763. The SMILES string of the molecule is C=CC(=O)Nc1cc(N2CCN(CC)CC2)ccc1Nc1cc(N(C)C(=O)N(CO)c2c(Cl)c(OC)cc(OC)c2Cl)ncn1. The number of aliphatic hydroxyl groups excluding tert-OH is 1. The average molecular weight is 660 g/mol. The molecule has 0 bridgehead atoms. The van der Waals surface area contributed by atoms with Crippen molar-refractivity contribution < 1.29 is 24.2 Å². The number of carbonyl (C=O) groups is 2. The monoisotopic (exact) mass is 658 g/mol. The molecule has 1 aliphatic heterocycles. The summed E-state index contributed by atoms with van der Waals surface area (Å²) in [6.45, 7) is 9.61. The third kappa shape index (κ3) is 7.51. The van der Waals surface area contributed by atoms with E-state index in [2.05, 4.69) is 43.9 Å². The minimum absolute atomic E-state index is 0.0000811. The van der Waals surface area contributed by atoms with Crippen LogP contribution in [0.25, 0.3) is 0 Å². The topological polar surface area (TPSA) is 136 Å². The lowest BCUT2D eigenvalue weighted by atomic mass is 10.2. The molecule has 1 aromatic heterocycles. The van der Waals surface area contributed by atoms with Crippen molar-refractivity contribution in [3.8, 4) is 11.5 Å². The Bertz CT molecular complexity index is 1520. The number of urea groups is 1. The van der Waals surface area contributed by atoms with Crippen molar-refractivity contribution in [2.24, 2.45) is 0 Å². The number of nitrogens with zero attached hydrogens (tertiary/aromatic N) is 6. The number of piperazine rings is 1. The van der Waals surface area contributed by atoms with Crippen LogP contribution in [0.3, 0.4) is 0 Å². The number of rotatable bonds is 11. The highest BCUT2D eigenvalue weighted by Crippen LogP contribution is 2.46. The summed E-state index contributed by atoms with van der Waals surface area (Å²) in [6.07, 6.45) is 2.48. The summed E-state index contributed by atoms with van der Waals surface area (Å²) < 4.78 is 10.6. The van der Waals surface area contributed by atoms with Crippen LogP contribution in [-0.2, 0) is 4.79 Å². The number of amides is 3. The summed E-state index contributed by atoms with van der Waals surface area (Å²) >= 11 is 13.0. The minimum Gasteiger partial charge on any atom is -0.495 e. The van der Waals surface area contributed by atoms with Crippen LogP contribution in [0, 0.1) is 0 Å². The largest absolute Gasteiger partial charge is 0.495 e. The standard InChI is InChI=1S/C30H36Cl2N8O5/c1-6-26(42)36-21-14-19(39-12-10-38(7-2)11-13-39)8-9-20(21)35-24-16-25(34-17-33-24)37(3)30(43)40(18-41)29-27(31)22(44-4)15-23(45-5)28(29)32/h6,8-9,14-17,41H,1,7,10-13,18H2,2-5H3,(H,36,42)(H,33,34,35). The molecule has 13 nitrogen and oxygen atoms in total. The molecule has 15 heteroatoms. The third-order valence-electron chi connectivity index (χ3n) is 7.37. The number of carbonyl (C=O) groups excluding carboxylic acids is 2. The van der Waals surface area contributed by atoms with Crippen molar-refractivity contribution in [2.45, 2.75) is 6.92 Å². The maximum absolute atomic E-state index is 13.6. The molecule has 2 aromatic carbocycles. The lowest BCUT2D eigenvalue weighted by Crippen LogP contribution is -2.46. The van der Waals surface area contributed by atoms with Gasteiger partial charge in [-0.15, -0.1) is 0 Å². The average Bonchev–Trinajstić information content (AvgIpc) is 3.07. The van der Waals surface area contributed by atoms with E-state index in [1.165, 1.54) is 44.6 Å². The van der Waals surface area contributed by atoms with E-state index in [1.807, 2.05) is 18.2 Å². The molecule has 4 rings (SSSR count). The van der Waals surface area contributed by atoms with Crippen molar-refractivity contribution in [3.05, 3.63) is 59.4 Å². The second-order valence-electron chi connectivity index (χ2n) is 9.90. The Balaban J connectivity index is 1.60. The van der Waals surface area contributed by atoms with Gasteiger partial charge in [-0.05, 0) is 30.8 Å². The van der Waals surface area contributed by atoms with Crippen LogP contribution in [0.15, 0.2) is 49.3 Å². The molecule has 0 spiro atoms. The highest BCUT2D eigenvalue weighted by Gasteiger charge is 2.29. The maximum atomic E-state index is 13.6. The highest BCUT2D eigenvalue weighted by molar-refractivity contribution is 6.42. The van der Waals surface area contributed by atoms with E-state index in [0.717, 1.165) is 43.3 Å². The molecule has 0 saturated carbocycles. The molecule has 45 heavy (non-hydrogen) atoms. The van der Waals surface area contributed by atoms with Gasteiger partial charge in [0, 0.05) is 51.0 Å².